The van der Waals surface area contributed by atoms with Crippen molar-refractivity contribution in [2.24, 2.45) is 7.05 Å². The topological polar surface area (TPSA) is 44.5 Å². The molecule has 0 radical (unpaired) electrons. The van der Waals surface area contributed by atoms with E-state index in [-0.39, 0.29) is 6.61 Å². The highest BCUT2D eigenvalue weighted by molar-refractivity contribution is 5.21. The Morgan fingerprint density at radius 1 is 1.12 bits per heavy atom. The monoisotopic (exact) mass is 342 g/mol. The van der Waals surface area contributed by atoms with Crippen molar-refractivity contribution in [3.63, 3.8) is 0 Å². The van der Waals surface area contributed by atoms with E-state index in [0.717, 1.165) is 39.1 Å². The summed E-state index contributed by atoms with van der Waals surface area (Å²) in [5.74, 6) is 0. The van der Waals surface area contributed by atoms with Crippen molar-refractivity contribution in [2.45, 2.75) is 39.4 Å². The zero-order valence-electron chi connectivity index (χ0n) is 15.6. The number of hydrogen-bond acceptors (Lipinski definition) is 4. The van der Waals surface area contributed by atoms with Crippen LogP contribution in [-0.4, -0.2) is 57.0 Å². The average molecular weight is 342 g/mol. The van der Waals surface area contributed by atoms with E-state index < -0.39 is 0 Å². The van der Waals surface area contributed by atoms with E-state index in [1.165, 1.54) is 22.4 Å². The normalized spacial score (nSPS) is 19.4. The van der Waals surface area contributed by atoms with E-state index in [1.807, 2.05) is 17.9 Å². The maximum absolute atomic E-state index is 9.50. The number of aliphatic hydroxyl groups is 1. The Morgan fingerprint density at radius 3 is 2.52 bits per heavy atom. The summed E-state index contributed by atoms with van der Waals surface area (Å²) in [7, 11) is 1.99. The second-order valence-electron chi connectivity index (χ2n) is 7.24. The van der Waals surface area contributed by atoms with Crippen LogP contribution < -0.4 is 0 Å². The van der Waals surface area contributed by atoms with Gasteiger partial charge >= 0.3 is 0 Å². The number of nitrogens with zero attached hydrogens (tertiary/aromatic N) is 4. The molecule has 5 nitrogen and oxygen atoms in total. The van der Waals surface area contributed by atoms with Gasteiger partial charge in [-0.2, -0.15) is 5.10 Å². The van der Waals surface area contributed by atoms with Crippen LogP contribution in [0, 0.1) is 13.8 Å². The third-order valence-corrected chi connectivity index (χ3v) is 5.39. The molecule has 0 amide bonds. The number of aryl methyl sites for hydroxylation is 2. The predicted molar refractivity (Wildman–Crippen MR) is 100 cm³/mol. The van der Waals surface area contributed by atoms with E-state index in [4.69, 9.17) is 0 Å². The van der Waals surface area contributed by atoms with Crippen molar-refractivity contribution in [3.8, 4) is 0 Å². The van der Waals surface area contributed by atoms with E-state index >= 15 is 0 Å². The van der Waals surface area contributed by atoms with Gasteiger partial charge in [-0.1, -0.05) is 29.8 Å². The van der Waals surface area contributed by atoms with Crippen LogP contribution in [0.1, 0.15) is 28.8 Å². The fourth-order valence-corrected chi connectivity index (χ4v) is 3.60. The van der Waals surface area contributed by atoms with Gasteiger partial charge in [0.25, 0.3) is 0 Å². The molecule has 2 heterocycles. The quantitative estimate of drug-likeness (QED) is 0.873. The van der Waals surface area contributed by atoms with Crippen molar-refractivity contribution in [1.82, 2.24) is 19.6 Å². The first-order chi connectivity index (χ1) is 12.1. The Hall–Kier alpha value is -1.69. The van der Waals surface area contributed by atoms with Gasteiger partial charge < -0.3 is 5.11 Å². The summed E-state index contributed by atoms with van der Waals surface area (Å²) in [6.07, 6.45) is 2.81. The van der Waals surface area contributed by atoms with Gasteiger partial charge in [0.1, 0.15) is 0 Å². The summed E-state index contributed by atoms with van der Waals surface area (Å²) in [5, 5.41) is 13.9. The number of piperazine rings is 1. The molecule has 1 N–H and O–H groups in total. The molecule has 2 aromatic rings. The van der Waals surface area contributed by atoms with Gasteiger partial charge in [-0.25, -0.2) is 0 Å². The van der Waals surface area contributed by atoms with Gasteiger partial charge in [-0.05, 0) is 25.8 Å². The minimum absolute atomic E-state index is 0.245. The number of aromatic nitrogens is 2. The first-order valence-electron chi connectivity index (χ1n) is 9.17. The predicted octanol–water partition coefficient (Wildman–Crippen LogP) is 2.11. The molecule has 136 valence electrons. The fourth-order valence-electron chi connectivity index (χ4n) is 3.60. The van der Waals surface area contributed by atoms with Gasteiger partial charge in [0.2, 0.25) is 0 Å². The Labute approximate surface area is 150 Å². The second-order valence-corrected chi connectivity index (χ2v) is 7.24. The van der Waals surface area contributed by atoms with Crippen LogP contribution in [0.25, 0.3) is 0 Å². The molecule has 0 unspecified atom stereocenters. The molecule has 1 aliphatic heterocycles. The molecule has 1 aromatic carbocycles. The number of hydrogen-bond donors (Lipinski definition) is 1. The van der Waals surface area contributed by atoms with E-state index in [1.54, 1.807) is 0 Å². The van der Waals surface area contributed by atoms with Crippen LogP contribution in [0.5, 0.6) is 0 Å². The highest BCUT2D eigenvalue weighted by atomic mass is 16.3. The van der Waals surface area contributed by atoms with Crippen molar-refractivity contribution in [1.29, 1.82) is 0 Å². The first-order valence-corrected chi connectivity index (χ1v) is 9.17. The number of benzene rings is 1. The van der Waals surface area contributed by atoms with E-state index in [2.05, 4.69) is 53.0 Å². The Kier molecular flexibility index (Phi) is 5.89. The summed E-state index contributed by atoms with van der Waals surface area (Å²) in [5.41, 5.74) is 5.19. The lowest BCUT2D eigenvalue weighted by atomic mass is 10.1. The standard InChI is InChI=1S/C20H30N4O/c1-16-4-6-18(7-5-16)13-24-10-9-23(15-20(24)8-11-25)14-19-12-21-22(3)17(19)2/h4-7,12,20,25H,8-11,13-15H2,1-3H3/t20-/m1/s1. The van der Waals surface area contributed by atoms with Gasteiger partial charge in [0, 0.05) is 63.7 Å². The third kappa shape index (κ3) is 4.48. The molecule has 1 aromatic heterocycles. The molecule has 0 spiro atoms. The van der Waals surface area contributed by atoms with Crippen LogP contribution in [0.3, 0.4) is 0 Å². The highest BCUT2D eigenvalue weighted by Crippen LogP contribution is 2.19. The van der Waals surface area contributed by atoms with Crippen LogP contribution in [0.4, 0.5) is 0 Å². The zero-order chi connectivity index (χ0) is 17.8. The van der Waals surface area contributed by atoms with Crippen LogP contribution in [-0.2, 0) is 20.1 Å². The van der Waals surface area contributed by atoms with Crippen LogP contribution in [0.2, 0.25) is 0 Å². The number of aliphatic hydroxyl groups excluding tert-OH is 1. The molecule has 0 aliphatic carbocycles. The molecule has 1 fully saturated rings. The van der Waals surface area contributed by atoms with E-state index in [0.29, 0.717) is 6.04 Å². The summed E-state index contributed by atoms with van der Waals surface area (Å²) < 4.78 is 1.94. The molecule has 3 rings (SSSR count). The molecular formula is C20H30N4O. The SMILES string of the molecule is Cc1ccc(CN2CCN(Cc3cnn(C)c3C)C[C@H]2CCO)cc1. The molecule has 1 atom stereocenters. The summed E-state index contributed by atoms with van der Waals surface area (Å²) >= 11 is 0. The maximum Gasteiger partial charge on any atom is 0.0537 e. The first kappa shape index (κ1) is 18.1. The van der Waals surface area contributed by atoms with Crippen LogP contribution >= 0.6 is 0 Å². The number of rotatable bonds is 6. The molecule has 0 saturated carbocycles. The second kappa shape index (κ2) is 8.13. The molecular weight excluding hydrogens is 312 g/mol. The average Bonchev–Trinajstić information content (AvgIpc) is 2.91. The minimum Gasteiger partial charge on any atom is -0.396 e. The summed E-state index contributed by atoms with van der Waals surface area (Å²) in [6, 6.07) is 9.19. The lowest BCUT2D eigenvalue weighted by Gasteiger charge is -2.41. The van der Waals surface area contributed by atoms with Crippen molar-refractivity contribution >= 4 is 0 Å². The minimum atomic E-state index is 0.245. The van der Waals surface area contributed by atoms with Crippen molar-refractivity contribution in [2.75, 3.05) is 26.2 Å². The molecule has 1 aliphatic rings. The summed E-state index contributed by atoms with van der Waals surface area (Å²) in [4.78, 5) is 5.02. The highest BCUT2D eigenvalue weighted by Gasteiger charge is 2.27. The Bertz CT molecular complexity index is 680. The molecule has 5 heteroatoms. The van der Waals surface area contributed by atoms with Crippen molar-refractivity contribution < 1.29 is 5.11 Å². The van der Waals surface area contributed by atoms with E-state index in [9.17, 15) is 5.11 Å². The Morgan fingerprint density at radius 2 is 1.88 bits per heavy atom. The van der Waals surface area contributed by atoms with Crippen LogP contribution in [0.15, 0.2) is 30.5 Å². The maximum atomic E-state index is 9.50. The Balaban J connectivity index is 1.63. The molecule has 1 saturated heterocycles. The summed E-state index contributed by atoms with van der Waals surface area (Å²) in [6.45, 7) is 9.50. The fraction of sp³-hybridized carbons (Fsp3) is 0.550. The molecule has 25 heavy (non-hydrogen) atoms. The molecule has 0 bridgehead atoms. The smallest absolute Gasteiger partial charge is 0.0537 e. The van der Waals surface area contributed by atoms with Gasteiger partial charge in [0.05, 0.1) is 6.20 Å². The zero-order valence-corrected chi connectivity index (χ0v) is 15.6. The largest absolute Gasteiger partial charge is 0.396 e. The lowest BCUT2D eigenvalue weighted by Crippen LogP contribution is -2.52. The third-order valence-electron chi connectivity index (χ3n) is 5.39. The van der Waals surface area contributed by atoms with Gasteiger partial charge in [-0.15, -0.1) is 0 Å². The lowest BCUT2D eigenvalue weighted by molar-refractivity contribution is 0.0499. The van der Waals surface area contributed by atoms with Gasteiger partial charge in [-0.3, -0.25) is 14.5 Å². The van der Waals surface area contributed by atoms with Crippen molar-refractivity contribution in [3.05, 3.63) is 52.8 Å². The van der Waals surface area contributed by atoms with Gasteiger partial charge in [0.15, 0.2) is 0 Å².